The molecule has 2 aromatic rings. The number of allylic oxidation sites excluding steroid dienone is 1. The molecule has 0 aromatic heterocycles. The van der Waals surface area contributed by atoms with Crippen LogP contribution in [0.4, 0.5) is 4.39 Å². The molecule has 2 nitrogen and oxygen atoms in total. The number of dihydropyridines is 1. The van der Waals surface area contributed by atoms with Crippen molar-refractivity contribution < 1.29 is 9.13 Å². The largest absolute Gasteiger partial charge is 0.457 e. The van der Waals surface area contributed by atoms with E-state index in [0.29, 0.717) is 28.1 Å². The molecule has 0 radical (unpaired) electrons. The summed E-state index contributed by atoms with van der Waals surface area (Å²) in [4.78, 5) is 4.50. The van der Waals surface area contributed by atoms with E-state index in [1.807, 2.05) is 31.2 Å². The zero-order valence-corrected chi connectivity index (χ0v) is 13.9. The smallest absolute Gasteiger partial charge is 0.127 e. The molecule has 118 valence electrons. The maximum absolute atomic E-state index is 12.9. The Labute approximate surface area is 144 Å². The number of hydrogen-bond acceptors (Lipinski definition) is 2. The highest BCUT2D eigenvalue weighted by Gasteiger charge is 2.30. The topological polar surface area (TPSA) is 21.6 Å². The van der Waals surface area contributed by atoms with Crippen LogP contribution in [0.15, 0.2) is 64.6 Å². The molecule has 1 aliphatic rings. The summed E-state index contributed by atoms with van der Waals surface area (Å²) in [6, 6.07) is 13.4. The highest BCUT2D eigenvalue weighted by molar-refractivity contribution is 6.69. The minimum absolute atomic E-state index is 0.294. The molecule has 1 atom stereocenters. The van der Waals surface area contributed by atoms with E-state index in [2.05, 4.69) is 4.99 Å². The number of halogens is 3. The fraction of sp³-hybridized carbons (Fsp3) is 0.167. The van der Waals surface area contributed by atoms with Crippen molar-refractivity contribution in [2.45, 2.75) is 18.9 Å². The standard InChI is InChI=1S/C18H14Cl2FNO/c1-18(11-13(19)10-17(20)22-18)12-2-6-15(7-3-12)23-16-8-4-14(21)5-9-16/h2-10H,11H2,1H3. The van der Waals surface area contributed by atoms with Crippen LogP contribution in [-0.2, 0) is 5.54 Å². The Morgan fingerprint density at radius 2 is 1.57 bits per heavy atom. The average molecular weight is 350 g/mol. The van der Waals surface area contributed by atoms with E-state index in [-0.39, 0.29) is 5.82 Å². The van der Waals surface area contributed by atoms with Gasteiger partial charge in [0.25, 0.3) is 0 Å². The Morgan fingerprint density at radius 1 is 1.00 bits per heavy atom. The summed E-state index contributed by atoms with van der Waals surface area (Å²) < 4.78 is 18.6. The summed E-state index contributed by atoms with van der Waals surface area (Å²) >= 11 is 12.2. The molecule has 2 aromatic carbocycles. The Bertz CT molecular complexity index is 769. The highest BCUT2D eigenvalue weighted by Crippen LogP contribution is 2.38. The second-order valence-corrected chi connectivity index (χ2v) is 6.43. The van der Waals surface area contributed by atoms with Gasteiger partial charge in [0, 0.05) is 11.5 Å². The second kappa shape index (κ2) is 6.34. The lowest BCUT2D eigenvalue weighted by molar-refractivity contribution is 0.475. The minimum Gasteiger partial charge on any atom is -0.457 e. The van der Waals surface area contributed by atoms with Crippen LogP contribution in [-0.4, -0.2) is 5.17 Å². The number of nitrogens with zero attached hydrogens (tertiary/aromatic N) is 1. The van der Waals surface area contributed by atoms with Crippen molar-refractivity contribution in [3.63, 3.8) is 0 Å². The van der Waals surface area contributed by atoms with Gasteiger partial charge in [-0.05, 0) is 55.0 Å². The van der Waals surface area contributed by atoms with Crippen LogP contribution in [0, 0.1) is 5.82 Å². The first kappa shape index (κ1) is 16.0. The summed E-state index contributed by atoms with van der Waals surface area (Å²) in [5.41, 5.74) is 0.505. The van der Waals surface area contributed by atoms with Gasteiger partial charge in [-0.25, -0.2) is 4.39 Å². The van der Waals surface area contributed by atoms with Gasteiger partial charge in [0.15, 0.2) is 0 Å². The zero-order chi connectivity index (χ0) is 16.4. The van der Waals surface area contributed by atoms with E-state index in [1.165, 1.54) is 12.1 Å². The average Bonchev–Trinajstić information content (AvgIpc) is 2.49. The van der Waals surface area contributed by atoms with Gasteiger partial charge < -0.3 is 4.74 Å². The highest BCUT2D eigenvalue weighted by atomic mass is 35.5. The van der Waals surface area contributed by atoms with Crippen molar-refractivity contribution in [1.82, 2.24) is 0 Å². The minimum atomic E-state index is -0.489. The van der Waals surface area contributed by atoms with Crippen molar-refractivity contribution in [2.75, 3.05) is 0 Å². The molecule has 0 N–H and O–H groups in total. The van der Waals surface area contributed by atoms with E-state index in [4.69, 9.17) is 27.9 Å². The number of benzene rings is 2. The third-order valence-electron chi connectivity index (χ3n) is 3.67. The zero-order valence-electron chi connectivity index (χ0n) is 12.4. The van der Waals surface area contributed by atoms with Gasteiger partial charge in [-0.2, -0.15) is 0 Å². The summed E-state index contributed by atoms with van der Waals surface area (Å²) in [5.74, 6) is 0.948. The van der Waals surface area contributed by atoms with Gasteiger partial charge >= 0.3 is 0 Å². The van der Waals surface area contributed by atoms with Crippen LogP contribution < -0.4 is 4.74 Å². The van der Waals surface area contributed by atoms with Gasteiger partial charge in [0.1, 0.15) is 22.5 Å². The van der Waals surface area contributed by atoms with Gasteiger partial charge in [0.05, 0.1) is 5.54 Å². The fourth-order valence-corrected chi connectivity index (χ4v) is 3.24. The lowest BCUT2D eigenvalue weighted by Crippen LogP contribution is -2.23. The third kappa shape index (κ3) is 3.74. The van der Waals surface area contributed by atoms with E-state index in [9.17, 15) is 4.39 Å². The molecular formula is C18H14Cl2FNO. The van der Waals surface area contributed by atoms with Gasteiger partial charge in [0.2, 0.25) is 0 Å². The Hall–Kier alpha value is -1.84. The van der Waals surface area contributed by atoms with Gasteiger partial charge in [-0.3, -0.25) is 4.99 Å². The molecule has 1 unspecified atom stereocenters. The Morgan fingerprint density at radius 3 is 2.13 bits per heavy atom. The van der Waals surface area contributed by atoms with Gasteiger partial charge in [-0.15, -0.1) is 0 Å². The lowest BCUT2D eigenvalue weighted by Gasteiger charge is -2.28. The van der Waals surface area contributed by atoms with E-state index in [0.717, 1.165) is 5.56 Å². The summed E-state index contributed by atoms with van der Waals surface area (Å²) in [5, 5.41) is 1.08. The maximum atomic E-state index is 12.9. The van der Waals surface area contributed by atoms with E-state index < -0.39 is 5.54 Å². The maximum Gasteiger partial charge on any atom is 0.127 e. The number of hydrogen-bond donors (Lipinski definition) is 0. The molecule has 0 saturated carbocycles. The van der Waals surface area contributed by atoms with E-state index >= 15 is 0 Å². The van der Waals surface area contributed by atoms with Crippen LogP contribution in [0.1, 0.15) is 18.9 Å². The van der Waals surface area contributed by atoms with Crippen LogP contribution in [0.3, 0.4) is 0 Å². The molecule has 3 rings (SSSR count). The first-order chi connectivity index (χ1) is 10.9. The number of rotatable bonds is 3. The first-order valence-corrected chi connectivity index (χ1v) is 7.86. The van der Waals surface area contributed by atoms with Crippen molar-refractivity contribution in [3.05, 3.63) is 71.0 Å². The van der Waals surface area contributed by atoms with Crippen molar-refractivity contribution in [2.24, 2.45) is 4.99 Å². The molecule has 0 spiro atoms. The molecule has 1 aliphatic heterocycles. The predicted molar refractivity (Wildman–Crippen MR) is 92.1 cm³/mol. The number of aliphatic imine (C=N–C) groups is 1. The van der Waals surface area contributed by atoms with Gasteiger partial charge in [-0.1, -0.05) is 35.3 Å². The SMILES string of the molecule is CC1(c2ccc(Oc3ccc(F)cc3)cc2)CC(Cl)=CC(Cl)=N1. The first-order valence-electron chi connectivity index (χ1n) is 7.10. The Balaban J connectivity index is 1.80. The van der Waals surface area contributed by atoms with Crippen molar-refractivity contribution in [3.8, 4) is 11.5 Å². The quantitative estimate of drug-likeness (QED) is 0.666. The molecule has 0 saturated heterocycles. The van der Waals surface area contributed by atoms with Crippen molar-refractivity contribution in [1.29, 1.82) is 0 Å². The summed E-state index contributed by atoms with van der Waals surface area (Å²) in [6.07, 6.45) is 2.26. The van der Waals surface area contributed by atoms with Crippen molar-refractivity contribution >= 4 is 28.4 Å². The molecule has 0 amide bonds. The Kier molecular flexibility index (Phi) is 4.42. The van der Waals surface area contributed by atoms with Crippen LogP contribution in [0.2, 0.25) is 0 Å². The van der Waals surface area contributed by atoms with Crippen LogP contribution >= 0.6 is 23.2 Å². The molecular weight excluding hydrogens is 336 g/mol. The normalized spacial score (nSPS) is 20.7. The molecule has 5 heteroatoms. The molecule has 23 heavy (non-hydrogen) atoms. The molecule has 0 fully saturated rings. The summed E-state index contributed by atoms with van der Waals surface area (Å²) in [6.45, 7) is 1.99. The third-order valence-corrected chi connectivity index (χ3v) is 4.10. The second-order valence-electron chi connectivity index (χ2n) is 5.56. The predicted octanol–water partition coefficient (Wildman–Crippen LogP) is 6.00. The fourth-order valence-electron chi connectivity index (χ4n) is 2.50. The number of ether oxygens (including phenoxy) is 1. The molecule has 0 bridgehead atoms. The lowest BCUT2D eigenvalue weighted by atomic mass is 9.88. The summed E-state index contributed by atoms with van der Waals surface area (Å²) in [7, 11) is 0. The monoisotopic (exact) mass is 349 g/mol. The molecule has 1 heterocycles. The van der Waals surface area contributed by atoms with Crippen LogP contribution in [0.25, 0.3) is 0 Å². The van der Waals surface area contributed by atoms with E-state index in [1.54, 1.807) is 18.2 Å². The molecule has 0 aliphatic carbocycles. The van der Waals surface area contributed by atoms with Crippen LogP contribution in [0.5, 0.6) is 11.5 Å².